The Bertz CT molecular complexity index is 1120. The fraction of sp³-hybridized carbons (Fsp3) is 0.480. The molecule has 0 bridgehead atoms. The molecule has 0 spiro atoms. The minimum absolute atomic E-state index is 0.181. The molecule has 0 atom stereocenters. The van der Waals surface area contributed by atoms with Crippen LogP contribution in [0.3, 0.4) is 0 Å². The van der Waals surface area contributed by atoms with Gasteiger partial charge in [-0.25, -0.2) is 8.42 Å². The third-order valence-corrected chi connectivity index (χ3v) is 7.92. The van der Waals surface area contributed by atoms with Gasteiger partial charge in [-0.3, -0.25) is 4.79 Å². The maximum absolute atomic E-state index is 12.9. The van der Waals surface area contributed by atoms with Gasteiger partial charge in [0.2, 0.25) is 15.8 Å². The summed E-state index contributed by atoms with van der Waals surface area (Å²) in [6.45, 7) is 3.00. The molecule has 0 radical (unpaired) electrons. The van der Waals surface area contributed by atoms with Gasteiger partial charge in [-0.2, -0.15) is 4.31 Å². The largest absolute Gasteiger partial charge is 0.493 e. The van der Waals surface area contributed by atoms with Gasteiger partial charge >= 0.3 is 0 Å². The molecule has 2 aromatic rings. The molecular formula is C25H34N2O7S. The summed E-state index contributed by atoms with van der Waals surface area (Å²) < 4.78 is 49.2. The maximum atomic E-state index is 12.9. The minimum atomic E-state index is -3.52. The minimum Gasteiger partial charge on any atom is -0.493 e. The van der Waals surface area contributed by atoms with E-state index in [1.54, 1.807) is 38.2 Å². The van der Waals surface area contributed by atoms with E-state index in [1.807, 2.05) is 0 Å². The van der Waals surface area contributed by atoms with Crippen LogP contribution in [-0.4, -0.2) is 71.6 Å². The first-order chi connectivity index (χ1) is 16.7. The zero-order valence-electron chi connectivity index (χ0n) is 21.0. The van der Waals surface area contributed by atoms with Crippen LogP contribution in [0.2, 0.25) is 0 Å². The van der Waals surface area contributed by atoms with Crippen molar-refractivity contribution in [1.29, 1.82) is 0 Å². The van der Waals surface area contributed by atoms with Gasteiger partial charge in [0.25, 0.3) is 5.91 Å². The molecule has 192 valence electrons. The molecular weight excluding hydrogens is 472 g/mol. The molecule has 35 heavy (non-hydrogen) atoms. The highest BCUT2D eigenvalue weighted by molar-refractivity contribution is 7.89. The van der Waals surface area contributed by atoms with Crippen molar-refractivity contribution in [3.63, 3.8) is 0 Å². The standard InChI is InChI=1S/C25H34N2O7S/c1-18-13-20(35(29,30)27-11-7-6-8-12-27)9-10-21(18)34-17-24(28)26(2)16-19-14-22(31-3)25(33-5)23(15-19)32-4/h9-10,13-15H,6-8,11-12,16-17H2,1-5H3. The van der Waals surface area contributed by atoms with Gasteiger partial charge in [0, 0.05) is 26.7 Å². The van der Waals surface area contributed by atoms with Gasteiger partial charge in [-0.05, 0) is 61.2 Å². The number of carbonyl (C=O) groups excluding carboxylic acids is 1. The summed E-state index contributed by atoms with van der Waals surface area (Å²) in [7, 11) is 2.76. The molecule has 0 aliphatic carbocycles. The number of carbonyl (C=O) groups is 1. The summed E-state index contributed by atoms with van der Waals surface area (Å²) in [6, 6.07) is 8.33. The number of methoxy groups -OCH3 is 3. The Morgan fingerprint density at radius 3 is 2.11 bits per heavy atom. The topological polar surface area (TPSA) is 94.6 Å². The van der Waals surface area contributed by atoms with Gasteiger partial charge < -0.3 is 23.8 Å². The molecule has 1 amide bonds. The first-order valence-corrected chi connectivity index (χ1v) is 12.9. The van der Waals surface area contributed by atoms with Crippen LogP contribution in [0.15, 0.2) is 35.2 Å². The molecule has 10 heteroatoms. The smallest absolute Gasteiger partial charge is 0.260 e. The number of amides is 1. The van der Waals surface area contributed by atoms with Gasteiger partial charge in [-0.1, -0.05) is 6.42 Å². The van der Waals surface area contributed by atoms with E-state index in [9.17, 15) is 13.2 Å². The lowest BCUT2D eigenvalue weighted by Gasteiger charge is -2.26. The molecule has 0 N–H and O–H groups in total. The molecule has 1 aliphatic heterocycles. The number of benzene rings is 2. The van der Waals surface area contributed by atoms with E-state index in [4.69, 9.17) is 18.9 Å². The van der Waals surface area contributed by atoms with Crippen molar-refractivity contribution in [2.45, 2.75) is 37.6 Å². The molecule has 1 fully saturated rings. The Morgan fingerprint density at radius 1 is 0.943 bits per heavy atom. The summed E-state index contributed by atoms with van der Waals surface area (Å²) in [6.07, 6.45) is 2.82. The van der Waals surface area contributed by atoms with Crippen LogP contribution in [0.4, 0.5) is 0 Å². The number of ether oxygens (including phenoxy) is 4. The molecule has 0 unspecified atom stereocenters. The summed E-state index contributed by atoms with van der Waals surface area (Å²) in [5, 5.41) is 0. The third-order valence-electron chi connectivity index (χ3n) is 6.02. The van der Waals surface area contributed by atoms with E-state index in [-0.39, 0.29) is 17.4 Å². The van der Waals surface area contributed by atoms with E-state index in [2.05, 4.69) is 0 Å². The van der Waals surface area contributed by atoms with Crippen molar-refractivity contribution in [3.05, 3.63) is 41.5 Å². The monoisotopic (exact) mass is 506 g/mol. The van der Waals surface area contributed by atoms with E-state index in [1.165, 1.54) is 36.6 Å². The molecule has 0 saturated carbocycles. The van der Waals surface area contributed by atoms with Gasteiger partial charge in [0.1, 0.15) is 5.75 Å². The van der Waals surface area contributed by atoms with Gasteiger partial charge in [0.15, 0.2) is 18.1 Å². The van der Waals surface area contributed by atoms with Crippen molar-refractivity contribution < 1.29 is 32.2 Å². The number of nitrogens with zero attached hydrogens (tertiary/aromatic N) is 2. The number of piperidine rings is 1. The predicted octanol–water partition coefficient (Wildman–Crippen LogP) is 3.23. The molecule has 1 aliphatic rings. The van der Waals surface area contributed by atoms with Crippen LogP contribution in [0.1, 0.15) is 30.4 Å². The Hall–Kier alpha value is -2.98. The van der Waals surface area contributed by atoms with Gasteiger partial charge in [-0.15, -0.1) is 0 Å². The SMILES string of the molecule is COc1cc(CN(C)C(=O)COc2ccc(S(=O)(=O)N3CCCCC3)cc2C)cc(OC)c1OC. The Labute approximate surface area is 207 Å². The lowest BCUT2D eigenvalue weighted by Crippen LogP contribution is -2.35. The quantitative estimate of drug-likeness (QED) is 0.488. The lowest BCUT2D eigenvalue weighted by atomic mass is 10.1. The van der Waals surface area contributed by atoms with Crippen LogP contribution in [0, 0.1) is 6.92 Å². The summed E-state index contributed by atoms with van der Waals surface area (Å²) >= 11 is 0. The highest BCUT2D eigenvalue weighted by Gasteiger charge is 2.26. The van der Waals surface area contributed by atoms with Gasteiger partial charge in [0.05, 0.1) is 26.2 Å². The average Bonchev–Trinajstić information content (AvgIpc) is 2.87. The highest BCUT2D eigenvalue weighted by Crippen LogP contribution is 2.38. The summed E-state index contributed by atoms with van der Waals surface area (Å²) in [4.78, 5) is 14.5. The van der Waals surface area contributed by atoms with E-state index >= 15 is 0 Å². The average molecular weight is 507 g/mol. The van der Waals surface area contributed by atoms with Crippen LogP contribution in [0.5, 0.6) is 23.0 Å². The summed E-state index contributed by atoms with van der Waals surface area (Å²) in [5.41, 5.74) is 1.46. The number of hydrogen-bond acceptors (Lipinski definition) is 7. The number of hydrogen-bond donors (Lipinski definition) is 0. The van der Waals surface area contributed by atoms with E-state index in [0.717, 1.165) is 24.8 Å². The van der Waals surface area contributed by atoms with Crippen LogP contribution >= 0.6 is 0 Å². The molecule has 3 rings (SSSR count). The number of sulfonamides is 1. The van der Waals surface area contributed by atoms with Crippen molar-refractivity contribution in [3.8, 4) is 23.0 Å². The Kier molecular flexibility index (Phi) is 8.85. The molecule has 9 nitrogen and oxygen atoms in total. The molecule has 1 heterocycles. The summed E-state index contributed by atoms with van der Waals surface area (Å²) in [5.74, 6) is 1.74. The molecule has 1 saturated heterocycles. The second kappa shape index (κ2) is 11.6. The fourth-order valence-corrected chi connectivity index (χ4v) is 5.64. The predicted molar refractivity (Wildman–Crippen MR) is 132 cm³/mol. The second-order valence-corrected chi connectivity index (χ2v) is 10.4. The number of likely N-dealkylation sites (N-methyl/N-ethyl adjacent to an activating group) is 1. The fourth-order valence-electron chi connectivity index (χ4n) is 4.04. The van der Waals surface area contributed by atoms with E-state index in [0.29, 0.717) is 48.2 Å². The first kappa shape index (κ1) is 26.6. The zero-order valence-corrected chi connectivity index (χ0v) is 21.8. The van der Waals surface area contributed by atoms with Crippen molar-refractivity contribution >= 4 is 15.9 Å². The van der Waals surface area contributed by atoms with Crippen LogP contribution in [0.25, 0.3) is 0 Å². The highest BCUT2D eigenvalue weighted by atomic mass is 32.2. The Morgan fingerprint density at radius 2 is 1.57 bits per heavy atom. The van der Waals surface area contributed by atoms with Crippen LogP contribution in [-0.2, 0) is 21.4 Å². The van der Waals surface area contributed by atoms with Crippen molar-refractivity contribution in [2.75, 3.05) is 48.1 Å². The number of rotatable bonds is 10. The van der Waals surface area contributed by atoms with Crippen molar-refractivity contribution in [2.24, 2.45) is 0 Å². The maximum Gasteiger partial charge on any atom is 0.260 e. The Balaban J connectivity index is 1.64. The number of aryl methyl sites for hydroxylation is 1. The van der Waals surface area contributed by atoms with Crippen molar-refractivity contribution in [1.82, 2.24) is 9.21 Å². The lowest BCUT2D eigenvalue weighted by molar-refractivity contribution is -0.132. The normalized spacial score (nSPS) is 14.3. The molecule has 0 aromatic heterocycles. The van der Waals surface area contributed by atoms with Crippen LogP contribution < -0.4 is 18.9 Å². The second-order valence-electron chi connectivity index (χ2n) is 8.46. The first-order valence-electron chi connectivity index (χ1n) is 11.5. The van der Waals surface area contributed by atoms with E-state index < -0.39 is 10.0 Å². The zero-order chi connectivity index (χ0) is 25.6. The third kappa shape index (κ3) is 6.18. The molecule has 2 aromatic carbocycles.